The lowest BCUT2D eigenvalue weighted by Crippen LogP contribution is -2.48. The highest BCUT2D eigenvalue weighted by Crippen LogP contribution is 2.31. The van der Waals surface area contributed by atoms with Crippen LogP contribution in [0.25, 0.3) is 5.69 Å². The van der Waals surface area contributed by atoms with E-state index in [1.807, 2.05) is 11.8 Å². The predicted octanol–water partition coefficient (Wildman–Crippen LogP) is 3.39. The van der Waals surface area contributed by atoms with Crippen molar-refractivity contribution in [2.75, 3.05) is 6.54 Å². The van der Waals surface area contributed by atoms with E-state index in [-0.39, 0.29) is 24.4 Å². The van der Waals surface area contributed by atoms with E-state index in [1.54, 1.807) is 19.9 Å². The highest BCUT2D eigenvalue weighted by Gasteiger charge is 2.31. The Hall–Kier alpha value is -2.35. The van der Waals surface area contributed by atoms with Crippen LogP contribution in [0.1, 0.15) is 42.3 Å². The fraction of sp³-hybridized carbons (Fsp3) is 0.500. The Labute approximate surface area is 162 Å². The number of carbonyl (C=O) groups excluding carboxylic acids is 1. The second-order valence-electron chi connectivity index (χ2n) is 7.51. The predicted molar refractivity (Wildman–Crippen MR) is 100 cm³/mol. The van der Waals surface area contributed by atoms with E-state index in [1.165, 1.54) is 10.7 Å². The van der Waals surface area contributed by atoms with E-state index < -0.39 is 11.7 Å². The fourth-order valence-corrected chi connectivity index (χ4v) is 3.83. The average molecular weight is 394 g/mol. The number of hydrogen-bond acceptors (Lipinski definition) is 3. The molecule has 152 valence electrons. The van der Waals surface area contributed by atoms with Gasteiger partial charge in [0.2, 0.25) is 5.91 Å². The number of likely N-dealkylation sites (tertiary alicyclic amines) is 1. The molecule has 1 aliphatic rings. The second-order valence-corrected chi connectivity index (χ2v) is 7.51. The quantitative estimate of drug-likeness (QED) is 0.868. The van der Waals surface area contributed by atoms with Crippen LogP contribution in [0, 0.1) is 13.8 Å². The molecule has 2 atom stereocenters. The van der Waals surface area contributed by atoms with E-state index in [9.17, 15) is 18.0 Å². The molecule has 0 aliphatic carbocycles. The summed E-state index contributed by atoms with van der Waals surface area (Å²) in [5.74, 6) is -0.00538. The fourth-order valence-electron chi connectivity index (χ4n) is 3.83. The van der Waals surface area contributed by atoms with Gasteiger partial charge in [-0.3, -0.25) is 4.79 Å². The minimum Gasteiger partial charge on any atom is -0.340 e. The molecule has 1 saturated heterocycles. The number of aromatic nitrogens is 2. The van der Waals surface area contributed by atoms with Crippen LogP contribution < -0.4 is 5.73 Å². The molecular formula is C20H25F3N4O. The number of alkyl halides is 3. The standard InChI is InChI=1S/C20H25F3N4O/c1-12-9-16(24)7-8-26(12)19(28)11-18-13(2)25-27(14(18)3)17-6-4-5-15(10-17)20(21,22)23/h4-6,10,12,16H,7-9,11,24H2,1-3H3/t12-,16-/m0/s1. The van der Waals surface area contributed by atoms with Crippen LogP contribution >= 0.6 is 0 Å². The van der Waals surface area contributed by atoms with Gasteiger partial charge < -0.3 is 10.6 Å². The minimum atomic E-state index is -4.42. The number of benzene rings is 1. The van der Waals surface area contributed by atoms with Crippen LogP contribution in [-0.2, 0) is 17.4 Å². The second kappa shape index (κ2) is 7.58. The third-order valence-corrected chi connectivity index (χ3v) is 5.42. The van der Waals surface area contributed by atoms with Gasteiger partial charge in [0.25, 0.3) is 0 Å². The van der Waals surface area contributed by atoms with Crippen molar-refractivity contribution in [3.05, 3.63) is 46.8 Å². The Morgan fingerprint density at radius 2 is 2.04 bits per heavy atom. The van der Waals surface area contributed by atoms with Gasteiger partial charge in [-0.1, -0.05) is 6.07 Å². The van der Waals surface area contributed by atoms with Crippen LogP contribution in [0.2, 0.25) is 0 Å². The highest BCUT2D eigenvalue weighted by molar-refractivity contribution is 5.79. The minimum absolute atomic E-state index is 0.00538. The number of nitrogens with zero attached hydrogens (tertiary/aromatic N) is 3. The molecule has 0 bridgehead atoms. The van der Waals surface area contributed by atoms with Gasteiger partial charge in [0, 0.05) is 29.9 Å². The van der Waals surface area contributed by atoms with Gasteiger partial charge in [-0.15, -0.1) is 0 Å². The van der Waals surface area contributed by atoms with Crippen molar-refractivity contribution in [2.24, 2.45) is 5.73 Å². The Kier molecular flexibility index (Phi) is 5.52. The van der Waals surface area contributed by atoms with Crippen LogP contribution in [0.4, 0.5) is 13.2 Å². The molecular weight excluding hydrogens is 369 g/mol. The van der Waals surface area contributed by atoms with Crippen molar-refractivity contribution in [1.82, 2.24) is 14.7 Å². The maximum Gasteiger partial charge on any atom is 0.416 e. The van der Waals surface area contributed by atoms with Gasteiger partial charge in [0.05, 0.1) is 23.4 Å². The number of halogens is 3. The lowest BCUT2D eigenvalue weighted by atomic mass is 9.98. The molecule has 1 aromatic carbocycles. The first-order valence-electron chi connectivity index (χ1n) is 9.35. The largest absolute Gasteiger partial charge is 0.416 e. The van der Waals surface area contributed by atoms with Gasteiger partial charge in [0.1, 0.15) is 0 Å². The van der Waals surface area contributed by atoms with E-state index in [0.717, 1.165) is 30.5 Å². The van der Waals surface area contributed by atoms with Gasteiger partial charge in [-0.25, -0.2) is 4.68 Å². The summed E-state index contributed by atoms with van der Waals surface area (Å²) >= 11 is 0. The van der Waals surface area contributed by atoms with Crippen molar-refractivity contribution < 1.29 is 18.0 Å². The lowest BCUT2D eigenvalue weighted by molar-refractivity contribution is -0.137. The number of amides is 1. The molecule has 0 radical (unpaired) electrons. The lowest BCUT2D eigenvalue weighted by Gasteiger charge is -2.36. The molecule has 2 heterocycles. The third kappa shape index (κ3) is 4.06. The SMILES string of the molecule is Cc1nn(-c2cccc(C(F)(F)F)c2)c(C)c1CC(=O)N1CC[C@H](N)C[C@@H]1C. The number of rotatable bonds is 3. The topological polar surface area (TPSA) is 64.2 Å². The van der Waals surface area contributed by atoms with Crippen molar-refractivity contribution in [3.8, 4) is 5.69 Å². The normalized spacial score (nSPS) is 20.5. The number of hydrogen-bond donors (Lipinski definition) is 1. The summed E-state index contributed by atoms with van der Waals surface area (Å²) in [7, 11) is 0. The first kappa shape index (κ1) is 20.4. The molecule has 8 heteroatoms. The Morgan fingerprint density at radius 1 is 1.32 bits per heavy atom. The summed E-state index contributed by atoms with van der Waals surface area (Å²) in [6.45, 7) is 6.16. The number of aryl methyl sites for hydroxylation is 1. The molecule has 1 aromatic heterocycles. The van der Waals surface area contributed by atoms with Crippen LogP contribution in [0.15, 0.2) is 24.3 Å². The summed E-state index contributed by atoms with van der Waals surface area (Å²) in [6.07, 6.45) is -2.70. The zero-order chi connectivity index (χ0) is 20.6. The van der Waals surface area contributed by atoms with Crippen LogP contribution in [0.5, 0.6) is 0 Å². The maximum absolute atomic E-state index is 13.0. The van der Waals surface area contributed by atoms with E-state index in [4.69, 9.17) is 5.73 Å². The molecule has 1 amide bonds. The average Bonchev–Trinajstić information content (AvgIpc) is 2.89. The van der Waals surface area contributed by atoms with E-state index >= 15 is 0 Å². The Bertz CT molecular complexity index is 875. The first-order valence-corrected chi connectivity index (χ1v) is 9.35. The number of nitrogens with two attached hydrogens (primary N) is 1. The maximum atomic E-state index is 13.0. The zero-order valence-corrected chi connectivity index (χ0v) is 16.3. The van der Waals surface area contributed by atoms with Gasteiger partial charge in [-0.2, -0.15) is 18.3 Å². The summed E-state index contributed by atoms with van der Waals surface area (Å²) in [5, 5.41) is 4.39. The number of carbonyl (C=O) groups is 1. The summed E-state index contributed by atoms with van der Waals surface area (Å²) in [6, 6.07) is 5.23. The van der Waals surface area contributed by atoms with E-state index in [2.05, 4.69) is 5.10 Å². The number of piperidine rings is 1. The summed E-state index contributed by atoms with van der Waals surface area (Å²) in [5.41, 5.74) is 7.63. The van der Waals surface area contributed by atoms with Crippen molar-refractivity contribution in [2.45, 2.75) is 58.3 Å². The molecule has 3 rings (SSSR count). The van der Waals surface area contributed by atoms with Crippen molar-refractivity contribution in [1.29, 1.82) is 0 Å². The van der Waals surface area contributed by atoms with Crippen LogP contribution in [-0.4, -0.2) is 39.2 Å². The molecule has 0 unspecified atom stereocenters. The molecule has 2 N–H and O–H groups in total. The van der Waals surface area contributed by atoms with Crippen molar-refractivity contribution >= 4 is 5.91 Å². The molecule has 2 aromatic rings. The molecule has 0 spiro atoms. The van der Waals surface area contributed by atoms with Gasteiger partial charge in [-0.05, 0) is 51.8 Å². The molecule has 28 heavy (non-hydrogen) atoms. The molecule has 1 fully saturated rings. The Balaban J connectivity index is 1.86. The first-order chi connectivity index (χ1) is 13.1. The molecule has 1 aliphatic heterocycles. The van der Waals surface area contributed by atoms with Crippen LogP contribution in [0.3, 0.4) is 0 Å². The van der Waals surface area contributed by atoms with Crippen molar-refractivity contribution in [3.63, 3.8) is 0 Å². The summed E-state index contributed by atoms with van der Waals surface area (Å²) in [4.78, 5) is 14.7. The summed E-state index contributed by atoms with van der Waals surface area (Å²) < 4.78 is 40.5. The molecule has 5 nitrogen and oxygen atoms in total. The smallest absolute Gasteiger partial charge is 0.340 e. The molecule has 0 saturated carbocycles. The van der Waals surface area contributed by atoms with Gasteiger partial charge in [0.15, 0.2) is 0 Å². The zero-order valence-electron chi connectivity index (χ0n) is 16.3. The van der Waals surface area contributed by atoms with E-state index in [0.29, 0.717) is 23.6 Å². The highest BCUT2D eigenvalue weighted by atomic mass is 19.4. The Morgan fingerprint density at radius 3 is 2.68 bits per heavy atom. The van der Waals surface area contributed by atoms with Gasteiger partial charge >= 0.3 is 6.18 Å². The third-order valence-electron chi connectivity index (χ3n) is 5.42. The monoisotopic (exact) mass is 394 g/mol.